The predicted molar refractivity (Wildman–Crippen MR) is 102 cm³/mol. The minimum Gasteiger partial charge on any atom is -0.379 e. The number of halogens is 1. The highest BCUT2D eigenvalue weighted by atomic mass is 35.5. The highest BCUT2D eigenvalue weighted by molar-refractivity contribution is 6.30. The van der Waals surface area contributed by atoms with E-state index in [0.29, 0.717) is 10.9 Å². The molecule has 1 aromatic carbocycles. The van der Waals surface area contributed by atoms with E-state index >= 15 is 0 Å². The molecule has 1 N–H and O–H groups in total. The van der Waals surface area contributed by atoms with Gasteiger partial charge in [0.05, 0.1) is 13.2 Å². The Morgan fingerprint density at radius 2 is 1.92 bits per heavy atom. The minimum absolute atomic E-state index is 0.00572. The Balaban J connectivity index is 1.53. The first-order chi connectivity index (χ1) is 12.2. The van der Waals surface area contributed by atoms with E-state index in [-0.39, 0.29) is 11.9 Å². The second-order valence-corrected chi connectivity index (χ2v) is 7.39. The molecule has 1 aromatic rings. The molecular formula is C20H27ClN2O2. The van der Waals surface area contributed by atoms with Crippen molar-refractivity contribution in [2.45, 2.75) is 31.7 Å². The van der Waals surface area contributed by atoms with Crippen molar-refractivity contribution in [3.8, 4) is 0 Å². The van der Waals surface area contributed by atoms with Gasteiger partial charge in [-0.15, -0.1) is 0 Å². The van der Waals surface area contributed by atoms with E-state index in [1.54, 1.807) is 6.08 Å². The van der Waals surface area contributed by atoms with Crippen LogP contribution in [0.5, 0.6) is 0 Å². The van der Waals surface area contributed by atoms with Crippen LogP contribution in [0.1, 0.15) is 31.2 Å². The zero-order valence-corrected chi connectivity index (χ0v) is 15.4. The van der Waals surface area contributed by atoms with Crippen molar-refractivity contribution in [2.24, 2.45) is 5.92 Å². The minimum atomic E-state index is -0.00572. The van der Waals surface area contributed by atoms with E-state index in [1.165, 1.54) is 19.3 Å². The third kappa shape index (κ3) is 5.84. The fraction of sp³-hybridized carbons (Fsp3) is 0.550. The van der Waals surface area contributed by atoms with Gasteiger partial charge in [-0.3, -0.25) is 9.69 Å². The number of amides is 1. The van der Waals surface area contributed by atoms with E-state index in [4.69, 9.17) is 16.3 Å². The Kier molecular flexibility index (Phi) is 6.91. The van der Waals surface area contributed by atoms with Crippen LogP contribution in [0, 0.1) is 5.92 Å². The summed E-state index contributed by atoms with van der Waals surface area (Å²) < 4.78 is 5.43. The summed E-state index contributed by atoms with van der Waals surface area (Å²) in [4.78, 5) is 14.8. The van der Waals surface area contributed by atoms with Crippen molar-refractivity contribution in [1.29, 1.82) is 0 Å². The predicted octanol–water partition coefficient (Wildman–Crippen LogP) is 3.36. The molecule has 25 heavy (non-hydrogen) atoms. The van der Waals surface area contributed by atoms with Crippen LogP contribution >= 0.6 is 11.6 Å². The summed E-state index contributed by atoms with van der Waals surface area (Å²) >= 11 is 5.88. The topological polar surface area (TPSA) is 41.6 Å². The molecule has 0 spiro atoms. The maximum Gasteiger partial charge on any atom is 0.244 e. The van der Waals surface area contributed by atoms with Gasteiger partial charge in [0.25, 0.3) is 0 Å². The molecule has 1 saturated heterocycles. The first kappa shape index (κ1) is 18.4. The lowest BCUT2D eigenvalue weighted by Gasteiger charge is -2.37. The molecule has 1 aliphatic carbocycles. The molecule has 1 saturated carbocycles. The van der Waals surface area contributed by atoms with Gasteiger partial charge in [-0.05, 0) is 42.5 Å². The molecule has 1 heterocycles. The van der Waals surface area contributed by atoms with Crippen molar-refractivity contribution in [2.75, 3.05) is 32.8 Å². The van der Waals surface area contributed by atoms with Crippen LogP contribution in [0.25, 0.3) is 6.08 Å². The summed E-state index contributed by atoms with van der Waals surface area (Å²) in [6, 6.07) is 7.76. The quantitative estimate of drug-likeness (QED) is 0.816. The summed E-state index contributed by atoms with van der Waals surface area (Å²) in [5.74, 6) is 0.536. The Bertz CT molecular complexity index is 582. The summed E-state index contributed by atoms with van der Waals surface area (Å²) in [6.45, 7) is 4.73. The van der Waals surface area contributed by atoms with Crippen LogP contribution < -0.4 is 5.32 Å². The van der Waals surface area contributed by atoms with Crippen LogP contribution in [-0.2, 0) is 9.53 Å². The molecule has 136 valence electrons. The number of nitrogens with one attached hydrogen (secondary N) is 1. The summed E-state index contributed by atoms with van der Waals surface area (Å²) in [7, 11) is 0. The lowest BCUT2D eigenvalue weighted by molar-refractivity contribution is -0.117. The molecule has 2 unspecified atom stereocenters. The SMILES string of the molecule is O=C(/C=C/c1ccc(Cl)cc1)NC1CCCCC1CN1CCOCC1. The van der Waals surface area contributed by atoms with Crippen LogP contribution in [0.4, 0.5) is 0 Å². The largest absolute Gasteiger partial charge is 0.379 e. The molecule has 0 radical (unpaired) electrons. The Hall–Kier alpha value is -1.36. The molecule has 0 aromatic heterocycles. The van der Waals surface area contributed by atoms with Crippen LogP contribution in [0.3, 0.4) is 0 Å². The van der Waals surface area contributed by atoms with E-state index < -0.39 is 0 Å². The number of hydrogen-bond donors (Lipinski definition) is 1. The molecule has 2 fully saturated rings. The van der Waals surface area contributed by atoms with Gasteiger partial charge in [-0.25, -0.2) is 0 Å². The molecule has 2 atom stereocenters. The van der Waals surface area contributed by atoms with Crippen molar-refractivity contribution in [3.05, 3.63) is 40.9 Å². The molecule has 3 rings (SSSR count). The van der Waals surface area contributed by atoms with Gasteiger partial charge in [-0.1, -0.05) is 36.6 Å². The smallest absolute Gasteiger partial charge is 0.244 e. The normalized spacial score (nSPS) is 25.2. The number of morpholine rings is 1. The molecule has 0 bridgehead atoms. The molecule has 1 aliphatic heterocycles. The number of ether oxygens (including phenoxy) is 1. The zero-order chi connectivity index (χ0) is 17.5. The fourth-order valence-electron chi connectivity index (χ4n) is 3.71. The number of carbonyl (C=O) groups is 1. The maximum atomic E-state index is 12.3. The van der Waals surface area contributed by atoms with Gasteiger partial charge < -0.3 is 10.1 Å². The number of hydrogen-bond acceptors (Lipinski definition) is 3. The van der Waals surface area contributed by atoms with Crippen molar-refractivity contribution < 1.29 is 9.53 Å². The summed E-state index contributed by atoms with van der Waals surface area (Å²) in [6.07, 6.45) is 8.21. The molecule has 1 amide bonds. The van der Waals surface area contributed by atoms with Crippen LogP contribution in [0.2, 0.25) is 5.02 Å². The van der Waals surface area contributed by atoms with Crippen molar-refractivity contribution in [1.82, 2.24) is 10.2 Å². The average molecular weight is 363 g/mol. The van der Waals surface area contributed by atoms with Gasteiger partial charge in [-0.2, -0.15) is 0 Å². The molecule has 5 heteroatoms. The lowest BCUT2D eigenvalue weighted by Crippen LogP contribution is -2.48. The lowest BCUT2D eigenvalue weighted by atomic mass is 9.84. The van der Waals surface area contributed by atoms with E-state index in [9.17, 15) is 4.79 Å². The van der Waals surface area contributed by atoms with Crippen molar-refractivity contribution >= 4 is 23.6 Å². The van der Waals surface area contributed by atoms with Gasteiger partial charge in [0.2, 0.25) is 5.91 Å². The maximum absolute atomic E-state index is 12.3. The highest BCUT2D eigenvalue weighted by Crippen LogP contribution is 2.25. The van der Waals surface area contributed by atoms with Crippen LogP contribution in [-0.4, -0.2) is 49.7 Å². The second-order valence-electron chi connectivity index (χ2n) is 6.96. The summed E-state index contributed by atoms with van der Waals surface area (Å²) in [5, 5.41) is 3.93. The Morgan fingerprint density at radius 1 is 1.20 bits per heavy atom. The fourth-order valence-corrected chi connectivity index (χ4v) is 3.83. The number of rotatable bonds is 5. The van der Waals surface area contributed by atoms with Crippen molar-refractivity contribution in [3.63, 3.8) is 0 Å². The third-order valence-electron chi connectivity index (χ3n) is 5.13. The van der Waals surface area contributed by atoms with Gasteiger partial charge >= 0.3 is 0 Å². The van der Waals surface area contributed by atoms with E-state index in [0.717, 1.165) is 44.8 Å². The number of benzene rings is 1. The highest BCUT2D eigenvalue weighted by Gasteiger charge is 2.28. The summed E-state index contributed by atoms with van der Waals surface area (Å²) in [5.41, 5.74) is 0.980. The number of carbonyl (C=O) groups excluding carboxylic acids is 1. The third-order valence-corrected chi connectivity index (χ3v) is 5.38. The molecular weight excluding hydrogens is 336 g/mol. The van der Waals surface area contributed by atoms with Gasteiger partial charge in [0, 0.05) is 36.8 Å². The first-order valence-electron chi connectivity index (χ1n) is 9.25. The zero-order valence-electron chi connectivity index (χ0n) is 14.6. The number of nitrogens with zero attached hydrogens (tertiary/aromatic N) is 1. The Morgan fingerprint density at radius 3 is 2.68 bits per heavy atom. The monoisotopic (exact) mass is 362 g/mol. The van der Waals surface area contributed by atoms with Gasteiger partial charge in [0.1, 0.15) is 0 Å². The van der Waals surface area contributed by atoms with E-state index in [2.05, 4.69) is 10.2 Å². The second kappa shape index (κ2) is 9.37. The Labute approximate surface area is 155 Å². The van der Waals surface area contributed by atoms with Gasteiger partial charge in [0.15, 0.2) is 0 Å². The average Bonchev–Trinajstić information content (AvgIpc) is 2.64. The molecule has 2 aliphatic rings. The standard InChI is InChI=1S/C20H27ClN2O2/c21-18-8-5-16(6-9-18)7-10-20(24)22-19-4-2-1-3-17(19)15-23-11-13-25-14-12-23/h5-10,17,19H,1-4,11-15H2,(H,22,24)/b10-7+. The van der Waals surface area contributed by atoms with Crippen LogP contribution in [0.15, 0.2) is 30.3 Å². The first-order valence-corrected chi connectivity index (χ1v) is 9.63. The molecule has 4 nitrogen and oxygen atoms in total. The van der Waals surface area contributed by atoms with E-state index in [1.807, 2.05) is 30.3 Å².